The van der Waals surface area contributed by atoms with Crippen LogP contribution in [0.2, 0.25) is 0 Å². The Kier molecular flexibility index (Phi) is 22.2. The average Bonchev–Trinajstić information content (AvgIpc) is 2.98. The zero-order valence-corrected chi connectivity index (χ0v) is 28.3. The van der Waals surface area contributed by atoms with Crippen LogP contribution in [0.5, 0.6) is 0 Å². The van der Waals surface area contributed by atoms with Crippen molar-refractivity contribution in [3.05, 3.63) is 0 Å². The molecule has 0 aromatic carbocycles. The number of hydrogen-bond acceptors (Lipinski definition) is 13. The van der Waals surface area contributed by atoms with Gasteiger partial charge in [0.1, 0.15) is 12.1 Å². The maximum Gasteiger partial charge on any atom is 0.417 e. The number of aliphatic carboxylic acids is 1. The molecule has 14 nitrogen and oxygen atoms in total. The lowest BCUT2D eigenvalue weighted by molar-refractivity contribution is -0.564. The molecule has 3 N–H and O–H groups in total. The molecule has 0 bridgehead atoms. The molecule has 0 aromatic rings. The van der Waals surface area contributed by atoms with E-state index in [2.05, 4.69) is 0 Å². The van der Waals surface area contributed by atoms with E-state index in [0.717, 1.165) is 6.42 Å². The van der Waals surface area contributed by atoms with Crippen LogP contribution in [0.3, 0.4) is 0 Å². The Hall–Kier alpha value is -1.46. The van der Waals surface area contributed by atoms with E-state index in [9.17, 15) is 9.59 Å². The lowest BCUT2D eigenvalue weighted by atomic mass is 10.1. The number of ether oxygens (including phenoxy) is 10. The highest BCUT2D eigenvalue weighted by atomic mass is 17.0. The van der Waals surface area contributed by atoms with Crippen molar-refractivity contribution in [2.75, 3.05) is 52.9 Å². The summed E-state index contributed by atoms with van der Waals surface area (Å²) in [7, 11) is 0. The molecule has 262 valence electrons. The SMILES string of the molecule is CCCCOC(OCC)(OCC)C(OCC)(OC(=O)[C@@H](N)CCC(=O)O)OC(C)C(OCC)(OCC)C(OCC)OCCC. The zero-order chi connectivity index (χ0) is 33.7. The lowest BCUT2D eigenvalue weighted by Crippen LogP contribution is -2.69. The van der Waals surface area contributed by atoms with Gasteiger partial charge < -0.3 is 58.2 Å². The van der Waals surface area contributed by atoms with Gasteiger partial charge in [0.2, 0.25) is 12.1 Å². The van der Waals surface area contributed by atoms with E-state index in [0.29, 0.717) is 19.4 Å². The Bertz CT molecular complexity index is 759. The van der Waals surface area contributed by atoms with Crippen molar-refractivity contribution in [1.29, 1.82) is 0 Å². The van der Waals surface area contributed by atoms with E-state index in [-0.39, 0.29) is 59.1 Å². The van der Waals surface area contributed by atoms with Gasteiger partial charge in [0.15, 0.2) is 0 Å². The fourth-order valence-corrected chi connectivity index (χ4v) is 4.25. The molecule has 0 fully saturated rings. The molecule has 0 amide bonds. The molecule has 0 aromatic heterocycles. The molecule has 44 heavy (non-hydrogen) atoms. The molecule has 0 radical (unpaired) electrons. The predicted octanol–water partition coefficient (Wildman–Crippen LogP) is 3.92. The molecule has 0 aliphatic heterocycles. The average molecular weight is 642 g/mol. The third-order valence-electron chi connectivity index (χ3n) is 6.13. The monoisotopic (exact) mass is 641 g/mol. The van der Waals surface area contributed by atoms with Crippen molar-refractivity contribution in [2.45, 2.75) is 131 Å². The number of hydrogen-bond donors (Lipinski definition) is 2. The van der Waals surface area contributed by atoms with E-state index >= 15 is 0 Å². The maximum absolute atomic E-state index is 13.5. The highest BCUT2D eigenvalue weighted by Crippen LogP contribution is 2.41. The summed E-state index contributed by atoms with van der Waals surface area (Å²) in [5.41, 5.74) is 6.08. The van der Waals surface area contributed by atoms with Crippen LogP contribution in [0.15, 0.2) is 0 Å². The van der Waals surface area contributed by atoms with Gasteiger partial charge in [0.05, 0.1) is 13.2 Å². The summed E-state index contributed by atoms with van der Waals surface area (Å²) >= 11 is 0. The first-order valence-corrected chi connectivity index (χ1v) is 15.9. The number of carbonyl (C=O) groups is 2. The number of unbranched alkanes of at least 4 members (excludes halogenated alkanes) is 1. The van der Waals surface area contributed by atoms with Crippen molar-refractivity contribution < 1.29 is 62.1 Å². The van der Waals surface area contributed by atoms with Gasteiger partial charge in [-0.25, -0.2) is 0 Å². The standard InChI is InChI=1S/C30H59NO13/c1-10-18-22-42-29(39-15-6,40-16-7)30(41-17-8,44-26(34)24(31)19-20-25(32)33)43-23(9)28(37-13-4,38-14-5)27(35-12-3)36-21-11-2/h23-24,27H,10-22,31H2,1-9H3,(H,32,33)/t23?,24-,27?,30?/m0/s1. The van der Waals surface area contributed by atoms with Crippen LogP contribution in [0.25, 0.3) is 0 Å². The van der Waals surface area contributed by atoms with Crippen LogP contribution in [-0.2, 0) is 57.0 Å². The summed E-state index contributed by atoms with van der Waals surface area (Å²) < 4.78 is 61.4. The Labute approximate surface area is 263 Å². The van der Waals surface area contributed by atoms with Crippen LogP contribution in [0.1, 0.15) is 94.4 Å². The van der Waals surface area contributed by atoms with Crippen LogP contribution >= 0.6 is 0 Å². The van der Waals surface area contributed by atoms with Crippen LogP contribution in [-0.4, -0.2) is 106 Å². The van der Waals surface area contributed by atoms with Gasteiger partial charge in [-0.2, -0.15) is 0 Å². The van der Waals surface area contributed by atoms with Gasteiger partial charge in [0, 0.05) is 46.1 Å². The van der Waals surface area contributed by atoms with Crippen molar-refractivity contribution >= 4 is 11.9 Å². The molecule has 3 unspecified atom stereocenters. The molecule has 0 spiro atoms. The van der Waals surface area contributed by atoms with Gasteiger partial charge in [-0.1, -0.05) is 20.3 Å². The Morgan fingerprint density at radius 1 is 0.705 bits per heavy atom. The van der Waals surface area contributed by atoms with Crippen LogP contribution < -0.4 is 5.73 Å². The second-order valence-corrected chi connectivity index (χ2v) is 9.58. The zero-order valence-electron chi connectivity index (χ0n) is 28.3. The quantitative estimate of drug-likeness (QED) is 0.0683. The van der Waals surface area contributed by atoms with Gasteiger partial charge in [-0.3, -0.25) is 9.59 Å². The summed E-state index contributed by atoms with van der Waals surface area (Å²) in [6.07, 6.45) is -0.763. The van der Waals surface area contributed by atoms with Gasteiger partial charge in [0.25, 0.3) is 0 Å². The minimum atomic E-state index is -2.56. The largest absolute Gasteiger partial charge is 0.481 e. The highest BCUT2D eigenvalue weighted by Gasteiger charge is 2.66. The summed E-state index contributed by atoms with van der Waals surface area (Å²) in [5.74, 6) is -8.67. The molecule has 0 saturated carbocycles. The van der Waals surface area contributed by atoms with Crippen molar-refractivity contribution in [3.8, 4) is 0 Å². The van der Waals surface area contributed by atoms with E-state index < -0.39 is 48.1 Å². The molecular formula is C30H59NO13. The fraction of sp³-hybridized carbons (Fsp3) is 0.933. The molecule has 0 aliphatic rings. The third kappa shape index (κ3) is 12.4. The number of esters is 1. The highest BCUT2D eigenvalue weighted by molar-refractivity contribution is 5.77. The smallest absolute Gasteiger partial charge is 0.417 e. The normalized spacial score (nSPS) is 15.9. The number of rotatable bonds is 29. The number of nitrogens with two attached hydrogens (primary N) is 1. The Morgan fingerprint density at radius 3 is 1.70 bits per heavy atom. The van der Waals surface area contributed by atoms with Gasteiger partial charge in [-0.15, -0.1) is 0 Å². The van der Waals surface area contributed by atoms with Crippen molar-refractivity contribution in [3.63, 3.8) is 0 Å². The van der Waals surface area contributed by atoms with Crippen LogP contribution in [0, 0.1) is 0 Å². The second kappa shape index (κ2) is 23.0. The molecule has 0 saturated heterocycles. The van der Waals surface area contributed by atoms with Gasteiger partial charge >= 0.3 is 23.9 Å². The molecule has 4 atom stereocenters. The lowest BCUT2D eigenvalue weighted by Gasteiger charge is -2.49. The van der Waals surface area contributed by atoms with E-state index in [1.54, 1.807) is 48.5 Å². The van der Waals surface area contributed by atoms with Crippen LogP contribution in [0.4, 0.5) is 0 Å². The summed E-state index contributed by atoms with van der Waals surface area (Å²) in [6.45, 7) is 17.0. The molecule has 0 aliphatic carbocycles. The van der Waals surface area contributed by atoms with E-state index in [1.165, 1.54) is 0 Å². The predicted molar refractivity (Wildman–Crippen MR) is 160 cm³/mol. The van der Waals surface area contributed by atoms with E-state index in [1.807, 2.05) is 13.8 Å². The first-order chi connectivity index (χ1) is 21.0. The molecule has 0 rings (SSSR count). The summed E-state index contributed by atoms with van der Waals surface area (Å²) in [5, 5.41) is 9.15. The first kappa shape index (κ1) is 42.5. The number of carboxylic acid groups (broad SMARTS) is 1. The topological polar surface area (TPSA) is 173 Å². The Balaban J connectivity index is 7.36. The van der Waals surface area contributed by atoms with Crippen molar-refractivity contribution in [2.24, 2.45) is 5.73 Å². The molecule has 14 heteroatoms. The second-order valence-electron chi connectivity index (χ2n) is 9.58. The molecule has 0 heterocycles. The fourth-order valence-electron chi connectivity index (χ4n) is 4.25. The Morgan fingerprint density at radius 2 is 1.25 bits per heavy atom. The maximum atomic E-state index is 13.5. The van der Waals surface area contributed by atoms with Gasteiger partial charge in [-0.05, 0) is 67.7 Å². The minimum absolute atomic E-state index is 0.0323. The summed E-state index contributed by atoms with van der Waals surface area (Å²) in [4.78, 5) is 24.7. The molecular weight excluding hydrogens is 582 g/mol. The summed E-state index contributed by atoms with van der Waals surface area (Å²) in [6, 6.07) is -1.35. The third-order valence-corrected chi connectivity index (χ3v) is 6.13. The number of carboxylic acids is 1. The van der Waals surface area contributed by atoms with E-state index in [4.69, 9.17) is 58.2 Å². The van der Waals surface area contributed by atoms with Crippen molar-refractivity contribution in [1.82, 2.24) is 0 Å². The number of carbonyl (C=O) groups excluding carboxylic acids is 1. The first-order valence-electron chi connectivity index (χ1n) is 15.9. The minimum Gasteiger partial charge on any atom is -0.481 e.